The van der Waals surface area contributed by atoms with Gasteiger partial charge in [-0.1, -0.05) is 28.9 Å². The van der Waals surface area contributed by atoms with Crippen molar-refractivity contribution in [2.75, 3.05) is 39.4 Å². The Morgan fingerprint density at radius 1 is 1.19 bits per heavy atom. The number of likely N-dealkylation sites (tertiary alicyclic amines) is 1. The topological polar surface area (TPSA) is 71.7 Å². The van der Waals surface area contributed by atoms with Gasteiger partial charge in [-0.15, -0.1) is 0 Å². The molecule has 1 aromatic heterocycles. The van der Waals surface area contributed by atoms with Crippen LogP contribution in [0.25, 0.3) is 11.4 Å². The highest BCUT2D eigenvalue weighted by Gasteiger charge is 2.29. The van der Waals surface area contributed by atoms with Crippen LogP contribution in [-0.2, 0) is 16.1 Å². The summed E-state index contributed by atoms with van der Waals surface area (Å²) in [7, 11) is 0. The Bertz CT molecular complexity index is 783. The molecule has 0 N–H and O–H groups in total. The quantitative estimate of drug-likeness (QED) is 0.798. The van der Waals surface area contributed by atoms with Crippen molar-refractivity contribution in [2.45, 2.75) is 19.4 Å². The fraction of sp³-hybridized carbons (Fsp3) is 0.526. The van der Waals surface area contributed by atoms with Crippen LogP contribution in [0, 0.1) is 5.92 Å². The van der Waals surface area contributed by atoms with Gasteiger partial charge in [0.2, 0.25) is 17.6 Å². The molecule has 2 aromatic rings. The summed E-state index contributed by atoms with van der Waals surface area (Å²) in [5.41, 5.74) is 0.840. The second-order valence-electron chi connectivity index (χ2n) is 7.01. The van der Waals surface area contributed by atoms with E-state index in [4.69, 9.17) is 20.9 Å². The highest BCUT2D eigenvalue weighted by molar-refractivity contribution is 6.30. The third-order valence-electron chi connectivity index (χ3n) is 5.17. The summed E-state index contributed by atoms with van der Waals surface area (Å²) in [5.74, 6) is 1.52. The van der Waals surface area contributed by atoms with Gasteiger partial charge in [-0.25, -0.2) is 0 Å². The predicted octanol–water partition coefficient (Wildman–Crippen LogP) is 2.46. The van der Waals surface area contributed by atoms with Crippen LogP contribution in [-0.4, -0.2) is 65.2 Å². The predicted molar refractivity (Wildman–Crippen MR) is 100 cm³/mol. The number of rotatable bonds is 4. The maximum Gasteiger partial charge on any atom is 0.241 e. The van der Waals surface area contributed by atoms with Gasteiger partial charge in [-0.3, -0.25) is 9.69 Å². The van der Waals surface area contributed by atoms with E-state index in [0.29, 0.717) is 49.6 Å². The molecule has 0 spiro atoms. The number of halogens is 1. The van der Waals surface area contributed by atoms with E-state index in [1.165, 1.54) is 0 Å². The molecule has 0 bridgehead atoms. The Balaban J connectivity index is 1.30. The molecule has 1 amide bonds. The minimum Gasteiger partial charge on any atom is -0.378 e. The first kappa shape index (κ1) is 18.4. The first-order valence-corrected chi connectivity index (χ1v) is 9.74. The first-order valence-electron chi connectivity index (χ1n) is 9.36. The third-order valence-corrected chi connectivity index (χ3v) is 5.40. The number of ether oxygens (including phenoxy) is 1. The summed E-state index contributed by atoms with van der Waals surface area (Å²) in [6.45, 7) is 5.05. The van der Waals surface area contributed by atoms with E-state index >= 15 is 0 Å². The van der Waals surface area contributed by atoms with E-state index in [1.807, 2.05) is 29.2 Å². The minimum absolute atomic E-state index is 0.115. The maximum absolute atomic E-state index is 12.6. The molecule has 3 heterocycles. The summed E-state index contributed by atoms with van der Waals surface area (Å²) >= 11 is 6.02. The molecule has 2 fully saturated rings. The molecular weight excluding hydrogens is 368 g/mol. The molecule has 2 aliphatic rings. The zero-order valence-corrected chi connectivity index (χ0v) is 15.9. The van der Waals surface area contributed by atoms with E-state index in [9.17, 15) is 4.79 Å². The second-order valence-corrected chi connectivity index (χ2v) is 7.45. The van der Waals surface area contributed by atoms with Crippen LogP contribution in [0.5, 0.6) is 0 Å². The van der Waals surface area contributed by atoms with Crippen LogP contribution in [0.1, 0.15) is 18.7 Å². The molecule has 0 unspecified atom stereocenters. The van der Waals surface area contributed by atoms with Crippen LogP contribution >= 0.6 is 11.6 Å². The highest BCUT2D eigenvalue weighted by Crippen LogP contribution is 2.23. The average molecular weight is 391 g/mol. The maximum atomic E-state index is 12.6. The lowest BCUT2D eigenvalue weighted by molar-refractivity contribution is -0.141. The van der Waals surface area contributed by atoms with Gasteiger partial charge in [0.05, 0.1) is 19.8 Å². The highest BCUT2D eigenvalue weighted by atomic mass is 35.5. The van der Waals surface area contributed by atoms with Crippen molar-refractivity contribution in [3.8, 4) is 11.4 Å². The number of aromatic nitrogens is 2. The molecule has 2 saturated heterocycles. The fourth-order valence-electron chi connectivity index (χ4n) is 3.64. The standard InChI is InChI=1S/C19H23ClN4O3/c20-16-3-1-2-15(12-16)18-21-17(27-22-18)13-23-6-4-14(5-7-23)19(25)24-8-10-26-11-9-24/h1-3,12,14H,4-11,13H2. The number of hydrogen-bond donors (Lipinski definition) is 0. The van der Waals surface area contributed by atoms with Crippen LogP contribution in [0.3, 0.4) is 0 Å². The summed E-state index contributed by atoms with van der Waals surface area (Å²) in [5, 5.41) is 4.70. The number of piperidine rings is 1. The Morgan fingerprint density at radius 2 is 1.96 bits per heavy atom. The summed E-state index contributed by atoms with van der Waals surface area (Å²) in [4.78, 5) is 21.3. The summed E-state index contributed by atoms with van der Waals surface area (Å²) in [6.07, 6.45) is 1.73. The van der Waals surface area contributed by atoms with Crippen LogP contribution in [0.2, 0.25) is 5.02 Å². The van der Waals surface area contributed by atoms with Crippen LogP contribution < -0.4 is 0 Å². The molecule has 7 nitrogen and oxygen atoms in total. The van der Waals surface area contributed by atoms with Gasteiger partial charge in [0, 0.05) is 29.6 Å². The molecular formula is C19H23ClN4O3. The smallest absolute Gasteiger partial charge is 0.241 e. The van der Waals surface area contributed by atoms with Gasteiger partial charge in [0.15, 0.2) is 0 Å². The minimum atomic E-state index is 0.115. The molecule has 1 aromatic carbocycles. The Hall–Kier alpha value is -1.96. The first-order chi connectivity index (χ1) is 13.2. The third kappa shape index (κ3) is 4.48. The van der Waals surface area contributed by atoms with Gasteiger partial charge < -0.3 is 14.2 Å². The van der Waals surface area contributed by atoms with E-state index in [2.05, 4.69) is 15.0 Å². The molecule has 0 saturated carbocycles. The van der Waals surface area contributed by atoms with Crippen molar-refractivity contribution >= 4 is 17.5 Å². The normalized spacial score (nSPS) is 19.4. The number of amides is 1. The number of morpholine rings is 1. The van der Waals surface area contributed by atoms with Gasteiger partial charge >= 0.3 is 0 Å². The van der Waals surface area contributed by atoms with Gasteiger partial charge in [0.1, 0.15) is 0 Å². The van der Waals surface area contributed by atoms with E-state index in [1.54, 1.807) is 0 Å². The van der Waals surface area contributed by atoms with E-state index in [0.717, 1.165) is 31.5 Å². The lowest BCUT2D eigenvalue weighted by atomic mass is 9.95. The van der Waals surface area contributed by atoms with Crippen molar-refractivity contribution < 1.29 is 14.1 Å². The number of carbonyl (C=O) groups excluding carboxylic acids is 1. The molecule has 27 heavy (non-hydrogen) atoms. The van der Waals surface area contributed by atoms with Crippen molar-refractivity contribution in [1.82, 2.24) is 19.9 Å². The lowest BCUT2D eigenvalue weighted by Crippen LogP contribution is -2.46. The molecule has 0 atom stereocenters. The molecule has 144 valence electrons. The number of hydrogen-bond acceptors (Lipinski definition) is 6. The van der Waals surface area contributed by atoms with Crippen molar-refractivity contribution in [3.63, 3.8) is 0 Å². The largest absolute Gasteiger partial charge is 0.378 e. The van der Waals surface area contributed by atoms with Gasteiger partial charge in [-0.05, 0) is 38.1 Å². The Labute approximate surface area is 163 Å². The van der Waals surface area contributed by atoms with E-state index < -0.39 is 0 Å². The molecule has 0 aliphatic carbocycles. The zero-order valence-electron chi connectivity index (χ0n) is 15.1. The summed E-state index contributed by atoms with van der Waals surface area (Å²) in [6, 6.07) is 7.40. The Morgan fingerprint density at radius 3 is 2.70 bits per heavy atom. The molecule has 2 aliphatic heterocycles. The number of carbonyl (C=O) groups is 1. The van der Waals surface area contributed by atoms with E-state index in [-0.39, 0.29) is 11.8 Å². The van der Waals surface area contributed by atoms with Crippen LogP contribution in [0.4, 0.5) is 0 Å². The fourth-order valence-corrected chi connectivity index (χ4v) is 3.83. The Kier molecular flexibility index (Phi) is 5.71. The second kappa shape index (κ2) is 8.37. The van der Waals surface area contributed by atoms with Crippen molar-refractivity contribution in [1.29, 1.82) is 0 Å². The molecule has 0 radical (unpaired) electrons. The SMILES string of the molecule is O=C(C1CCN(Cc2nc(-c3cccc(Cl)c3)no2)CC1)N1CCOCC1. The average Bonchev–Trinajstić information content (AvgIpc) is 3.17. The monoisotopic (exact) mass is 390 g/mol. The van der Waals surface area contributed by atoms with Gasteiger partial charge in [0.25, 0.3) is 0 Å². The molecule has 8 heteroatoms. The number of benzene rings is 1. The van der Waals surface area contributed by atoms with Crippen molar-refractivity contribution in [2.24, 2.45) is 5.92 Å². The van der Waals surface area contributed by atoms with Crippen molar-refractivity contribution in [3.05, 3.63) is 35.2 Å². The zero-order chi connectivity index (χ0) is 18.6. The lowest BCUT2D eigenvalue weighted by Gasteiger charge is -2.35. The van der Waals surface area contributed by atoms with Gasteiger partial charge in [-0.2, -0.15) is 4.98 Å². The molecule has 4 rings (SSSR count). The number of nitrogens with zero attached hydrogens (tertiary/aromatic N) is 4. The van der Waals surface area contributed by atoms with Crippen LogP contribution in [0.15, 0.2) is 28.8 Å². The summed E-state index contributed by atoms with van der Waals surface area (Å²) < 4.78 is 10.7.